The van der Waals surface area contributed by atoms with Crippen molar-refractivity contribution in [3.05, 3.63) is 41.8 Å². The van der Waals surface area contributed by atoms with E-state index >= 15 is 0 Å². The van der Waals surface area contributed by atoms with Crippen LogP contribution in [0.15, 0.2) is 30.3 Å². The molecule has 0 amide bonds. The second-order valence-electron chi connectivity index (χ2n) is 2.79. The van der Waals surface area contributed by atoms with Crippen LogP contribution in [0.3, 0.4) is 0 Å². The highest BCUT2D eigenvalue weighted by atomic mass is 19.1. The number of aryl methyl sites for hydroxylation is 1. The fourth-order valence-corrected chi connectivity index (χ4v) is 1.19. The minimum absolute atomic E-state index is 0.236. The van der Waals surface area contributed by atoms with Crippen molar-refractivity contribution in [2.75, 3.05) is 0 Å². The monoisotopic (exact) mass is 161 g/mol. The first-order valence-electron chi connectivity index (χ1n) is 3.78. The van der Waals surface area contributed by atoms with Gasteiger partial charge in [0.15, 0.2) is 0 Å². The van der Waals surface area contributed by atoms with Gasteiger partial charge < -0.3 is 0 Å². The van der Waals surface area contributed by atoms with Crippen LogP contribution in [0.5, 0.6) is 0 Å². The summed E-state index contributed by atoms with van der Waals surface area (Å²) in [7, 11) is 0. The van der Waals surface area contributed by atoms with Gasteiger partial charge in [-0.1, -0.05) is 6.07 Å². The van der Waals surface area contributed by atoms with Crippen LogP contribution in [-0.2, 0) is 0 Å². The van der Waals surface area contributed by atoms with Gasteiger partial charge in [-0.2, -0.15) is 0 Å². The Morgan fingerprint density at radius 3 is 2.75 bits per heavy atom. The van der Waals surface area contributed by atoms with E-state index in [0.29, 0.717) is 0 Å². The van der Waals surface area contributed by atoms with E-state index in [1.807, 2.05) is 19.1 Å². The second-order valence-corrected chi connectivity index (χ2v) is 2.79. The number of rotatable bonds is 0. The average molecular weight is 161 g/mol. The fraction of sp³-hybridized carbons (Fsp3) is 0.100. The summed E-state index contributed by atoms with van der Waals surface area (Å²) in [4.78, 5) is 4.20. The molecule has 0 unspecified atom stereocenters. The highest BCUT2D eigenvalue weighted by Gasteiger charge is 1.96. The summed E-state index contributed by atoms with van der Waals surface area (Å²) in [6.07, 6.45) is 0. The Balaban J connectivity index is 2.80. The zero-order chi connectivity index (χ0) is 8.55. The van der Waals surface area contributed by atoms with Gasteiger partial charge in [0.1, 0.15) is 5.82 Å². The Bertz CT molecular complexity index is 386. The van der Waals surface area contributed by atoms with Crippen molar-refractivity contribution in [1.29, 1.82) is 0 Å². The topological polar surface area (TPSA) is 12.9 Å². The van der Waals surface area contributed by atoms with E-state index in [1.54, 1.807) is 6.07 Å². The molecule has 0 aliphatic heterocycles. The summed E-state index contributed by atoms with van der Waals surface area (Å²) in [6.45, 7) is 1.89. The SMILES string of the molecule is Cc1ccc2ccc(F)cc2n1. The first-order chi connectivity index (χ1) is 5.75. The molecule has 2 aromatic rings. The number of nitrogens with zero attached hydrogens (tertiary/aromatic N) is 1. The number of pyridine rings is 1. The molecule has 1 aromatic heterocycles. The van der Waals surface area contributed by atoms with E-state index in [-0.39, 0.29) is 5.82 Å². The Morgan fingerprint density at radius 1 is 1.17 bits per heavy atom. The minimum atomic E-state index is -0.236. The van der Waals surface area contributed by atoms with Gasteiger partial charge >= 0.3 is 0 Å². The maximum Gasteiger partial charge on any atom is 0.125 e. The van der Waals surface area contributed by atoms with Gasteiger partial charge in [0.05, 0.1) is 5.52 Å². The van der Waals surface area contributed by atoms with Crippen LogP contribution in [0.4, 0.5) is 4.39 Å². The minimum Gasteiger partial charge on any atom is -0.253 e. The van der Waals surface area contributed by atoms with Gasteiger partial charge in [0, 0.05) is 17.1 Å². The maximum atomic E-state index is 12.7. The smallest absolute Gasteiger partial charge is 0.125 e. The summed E-state index contributed by atoms with van der Waals surface area (Å²) in [5.74, 6) is -0.236. The molecule has 0 aliphatic carbocycles. The molecule has 60 valence electrons. The van der Waals surface area contributed by atoms with Crippen LogP contribution in [0, 0.1) is 12.7 Å². The Morgan fingerprint density at radius 2 is 1.92 bits per heavy atom. The molecule has 2 rings (SSSR count). The van der Waals surface area contributed by atoms with Crippen LogP contribution >= 0.6 is 0 Å². The summed E-state index contributed by atoms with van der Waals surface area (Å²) in [6, 6.07) is 8.48. The fourth-order valence-electron chi connectivity index (χ4n) is 1.19. The highest BCUT2D eigenvalue weighted by Crippen LogP contribution is 2.13. The van der Waals surface area contributed by atoms with Gasteiger partial charge in [0.25, 0.3) is 0 Å². The standard InChI is InChI=1S/C10H8FN/c1-7-2-3-8-4-5-9(11)6-10(8)12-7/h2-6H,1H3. The molecule has 12 heavy (non-hydrogen) atoms. The van der Waals surface area contributed by atoms with Crippen LogP contribution in [0.2, 0.25) is 0 Å². The molecule has 0 radical (unpaired) electrons. The Kier molecular flexibility index (Phi) is 1.54. The van der Waals surface area contributed by atoms with Gasteiger partial charge in [-0.3, -0.25) is 4.98 Å². The lowest BCUT2D eigenvalue weighted by Gasteiger charge is -1.97. The van der Waals surface area contributed by atoms with Crippen LogP contribution in [-0.4, -0.2) is 4.98 Å². The molecule has 1 aromatic carbocycles. The van der Waals surface area contributed by atoms with E-state index < -0.39 is 0 Å². The number of benzene rings is 1. The molecular formula is C10H8FN. The van der Waals surface area contributed by atoms with Crippen molar-refractivity contribution in [3.8, 4) is 0 Å². The maximum absolute atomic E-state index is 12.7. The number of hydrogen-bond donors (Lipinski definition) is 0. The predicted molar refractivity (Wildman–Crippen MR) is 46.4 cm³/mol. The lowest BCUT2D eigenvalue weighted by molar-refractivity contribution is 0.629. The lowest BCUT2D eigenvalue weighted by Crippen LogP contribution is -1.83. The second kappa shape index (κ2) is 2.55. The van der Waals surface area contributed by atoms with Crippen LogP contribution in [0.25, 0.3) is 10.9 Å². The Hall–Kier alpha value is -1.44. The first kappa shape index (κ1) is 7.22. The van der Waals surface area contributed by atoms with Crippen molar-refractivity contribution in [2.24, 2.45) is 0 Å². The molecule has 2 heteroatoms. The molecular weight excluding hydrogens is 153 g/mol. The number of halogens is 1. The molecule has 0 N–H and O–H groups in total. The number of hydrogen-bond acceptors (Lipinski definition) is 1. The molecule has 0 saturated heterocycles. The molecule has 0 saturated carbocycles. The number of aromatic nitrogens is 1. The van der Waals surface area contributed by atoms with E-state index in [2.05, 4.69) is 4.98 Å². The lowest BCUT2D eigenvalue weighted by atomic mass is 10.2. The first-order valence-corrected chi connectivity index (χ1v) is 3.78. The largest absolute Gasteiger partial charge is 0.253 e. The van der Waals surface area contributed by atoms with Gasteiger partial charge in [-0.15, -0.1) is 0 Å². The summed E-state index contributed by atoms with van der Waals surface area (Å²) < 4.78 is 12.7. The van der Waals surface area contributed by atoms with Crippen LogP contribution in [0.1, 0.15) is 5.69 Å². The zero-order valence-corrected chi connectivity index (χ0v) is 6.71. The van der Waals surface area contributed by atoms with Crippen molar-refractivity contribution in [2.45, 2.75) is 6.92 Å². The predicted octanol–water partition coefficient (Wildman–Crippen LogP) is 2.68. The molecule has 0 fully saturated rings. The third kappa shape index (κ3) is 1.16. The van der Waals surface area contributed by atoms with Gasteiger partial charge in [-0.05, 0) is 25.1 Å². The summed E-state index contributed by atoms with van der Waals surface area (Å²) in [5.41, 5.74) is 1.63. The Labute approximate surface area is 69.9 Å². The van der Waals surface area contributed by atoms with Crippen molar-refractivity contribution >= 4 is 10.9 Å². The zero-order valence-electron chi connectivity index (χ0n) is 6.71. The molecule has 0 atom stereocenters. The molecule has 0 spiro atoms. The van der Waals surface area contributed by atoms with Crippen LogP contribution < -0.4 is 0 Å². The highest BCUT2D eigenvalue weighted by molar-refractivity contribution is 5.78. The van der Waals surface area contributed by atoms with E-state index in [1.165, 1.54) is 12.1 Å². The summed E-state index contributed by atoms with van der Waals surface area (Å²) in [5, 5.41) is 0.974. The average Bonchev–Trinajstić information content (AvgIpc) is 2.03. The molecule has 1 heterocycles. The van der Waals surface area contributed by atoms with Gasteiger partial charge in [-0.25, -0.2) is 4.39 Å². The van der Waals surface area contributed by atoms with Crippen molar-refractivity contribution < 1.29 is 4.39 Å². The third-order valence-electron chi connectivity index (χ3n) is 1.79. The normalized spacial score (nSPS) is 10.5. The van der Waals surface area contributed by atoms with E-state index in [4.69, 9.17) is 0 Å². The molecule has 0 aliphatic rings. The quantitative estimate of drug-likeness (QED) is 0.578. The number of fused-ring (bicyclic) bond motifs is 1. The van der Waals surface area contributed by atoms with Gasteiger partial charge in [0.2, 0.25) is 0 Å². The van der Waals surface area contributed by atoms with Crippen molar-refractivity contribution in [3.63, 3.8) is 0 Å². The molecule has 1 nitrogen and oxygen atoms in total. The summed E-state index contributed by atoms with van der Waals surface area (Å²) >= 11 is 0. The van der Waals surface area contributed by atoms with E-state index in [0.717, 1.165) is 16.6 Å². The third-order valence-corrected chi connectivity index (χ3v) is 1.79. The van der Waals surface area contributed by atoms with Crippen molar-refractivity contribution in [1.82, 2.24) is 4.98 Å². The molecule has 0 bridgehead atoms. The van der Waals surface area contributed by atoms with E-state index in [9.17, 15) is 4.39 Å².